The second kappa shape index (κ2) is 5.47. The Balaban J connectivity index is 2.59. The molecule has 0 radical (unpaired) electrons. The van der Waals surface area contributed by atoms with Gasteiger partial charge in [-0.05, 0) is 18.8 Å². The fourth-order valence-corrected chi connectivity index (χ4v) is 2.21. The largest absolute Gasteiger partial charge is 0.394 e. The first kappa shape index (κ1) is 12.5. The predicted octanol–water partition coefficient (Wildman–Crippen LogP) is 0.343. The van der Waals surface area contributed by atoms with Crippen molar-refractivity contribution in [1.29, 1.82) is 0 Å². The number of hydrogen-bond acceptors (Lipinski definition) is 3. The summed E-state index contributed by atoms with van der Waals surface area (Å²) in [6, 6.07) is -0.422. The molecule has 3 unspecified atom stereocenters. The maximum atomic E-state index is 11.9. The van der Waals surface area contributed by atoms with Crippen molar-refractivity contribution in [2.24, 2.45) is 11.7 Å². The summed E-state index contributed by atoms with van der Waals surface area (Å²) in [4.78, 5) is 13.7. The lowest BCUT2D eigenvalue weighted by Crippen LogP contribution is -2.48. The zero-order chi connectivity index (χ0) is 11.4. The molecular formula is C11H22N2O2. The Labute approximate surface area is 91.4 Å². The highest BCUT2D eigenvalue weighted by atomic mass is 16.3. The van der Waals surface area contributed by atoms with Gasteiger partial charge < -0.3 is 15.7 Å². The minimum atomic E-state index is -0.394. The normalized spacial score (nSPS) is 28.1. The average Bonchev–Trinajstić information content (AvgIpc) is 2.58. The van der Waals surface area contributed by atoms with Crippen molar-refractivity contribution in [1.82, 2.24) is 4.90 Å². The van der Waals surface area contributed by atoms with Gasteiger partial charge in [0.05, 0.1) is 18.7 Å². The van der Waals surface area contributed by atoms with Crippen LogP contribution in [0.5, 0.6) is 0 Å². The van der Waals surface area contributed by atoms with Crippen molar-refractivity contribution in [3.8, 4) is 0 Å². The van der Waals surface area contributed by atoms with E-state index < -0.39 is 6.04 Å². The Hall–Kier alpha value is -0.610. The van der Waals surface area contributed by atoms with Crippen LogP contribution in [0, 0.1) is 5.92 Å². The molecule has 0 saturated carbocycles. The van der Waals surface area contributed by atoms with Crippen molar-refractivity contribution >= 4 is 5.91 Å². The Morgan fingerprint density at radius 3 is 2.87 bits per heavy atom. The minimum Gasteiger partial charge on any atom is -0.394 e. The van der Waals surface area contributed by atoms with E-state index in [0.717, 1.165) is 25.8 Å². The molecule has 1 fully saturated rings. The van der Waals surface area contributed by atoms with Gasteiger partial charge >= 0.3 is 0 Å². The van der Waals surface area contributed by atoms with Gasteiger partial charge in [-0.2, -0.15) is 0 Å². The summed E-state index contributed by atoms with van der Waals surface area (Å²) in [7, 11) is 0. The molecular weight excluding hydrogens is 192 g/mol. The maximum Gasteiger partial charge on any atom is 0.239 e. The fourth-order valence-electron chi connectivity index (χ4n) is 2.21. The third kappa shape index (κ3) is 2.69. The lowest BCUT2D eigenvalue weighted by atomic mass is 10.0. The van der Waals surface area contributed by atoms with Crippen LogP contribution >= 0.6 is 0 Å². The number of nitrogens with two attached hydrogens (primary N) is 1. The van der Waals surface area contributed by atoms with Crippen molar-refractivity contribution in [3.05, 3.63) is 0 Å². The first-order chi connectivity index (χ1) is 7.11. The highest BCUT2D eigenvalue weighted by Crippen LogP contribution is 2.24. The molecule has 15 heavy (non-hydrogen) atoms. The molecule has 0 aromatic carbocycles. The summed E-state index contributed by atoms with van der Waals surface area (Å²) < 4.78 is 0. The summed E-state index contributed by atoms with van der Waals surface area (Å²) in [5, 5.41) is 9.23. The molecule has 1 saturated heterocycles. The van der Waals surface area contributed by atoms with Crippen molar-refractivity contribution < 1.29 is 9.90 Å². The number of nitrogens with zero attached hydrogens (tertiary/aromatic N) is 1. The Morgan fingerprint density at radius 2 is 2.33 bits per heavy atom. The van der Waals surface area contributed by atoms with Gasteiger partial charge in [0.15, 0.2) is 0 Å². The molecule has 3 N–H and O–H groups in total. The zero-order valence-electron chi connectivity index (χ0n) is 9.65. The Morgan fingerprint density at radius 1 is 1.67 bits per heavy atom. The first-order valence-electron chi connectivity index (χ1n) is 5.78. The number of rotatable bonds is 4. The first-order valence-corrected chi connectivity index (χ1v) is 5.78. The smallest absolute Gasteiger partial charge is 0.239 e. The van der Waals surface area contributed by atoms with Gasteiger partial charge in [-0.3, -0.25) is 4.79 Å². The third-order valence-corrected chi connectivity index (χ3v) is 3.27. The molecule has 1 rings (SSSR count). The van der Waals surface area contributed by atoms with Gasteiger partial charge in [0.25, 0.3) is 0 Å². The molecule has 88 valence electrons. The molecule has 4 heteroatoms. The number of hydrogen-bond donors (Lipinski definition) is 2. The number of likely N-dealkylation sites (tertiary alicyclic amines) is 1. The van der Waals surface area contributed by atoms with Gasteiger partial charge in [0.2, 0.25) is 5.91 Å². The SMILES string of the molecule is CCCC(N)C(=O)N1CCC(C)C1CO. The summed E-state index contributed by atoms with van der Waals surface area (Å²) >= 11 is 0. The standard InChI is InChI=1S/C11H22N2O2/c1-3-4-9(12)11(15)13-6-5-8(2)10(13)7-14/h8-10,14H,3-7,12H2,1-2H3. The van der Waals surface area contributed by atoms with Crippen LogP contribution in [0.3, 0.4) is 0 Å². The number of carbonyl (C=O) groups is 1. The van der Waals surface area contributed by atoms with Crippen LogP contribution < -0.4 is 5.73 Å². The molecule has 4 nitrogen and oxygen atoms in total. The number of amides is 1. The molecule has 0 spiro atoms. The molecule has 0 bridgehead atoms. The summed E-state index contributed by atoms with van der Waals surface area (Å²) in [6.45, 7) is 4.87. The van der Waals surface area contributed by atoms with E-state index in [9.17, 15) is 9.90 Å². The quantitative estimate of drug-likeness (QED) is 0.709. The Bertz CT molecular complexity index is 221. The van der Waals surface area contributed by atoms with Crippen LogP contribution in [-0.2, 0) is 4.79 Å². The van der Waals surface area contributed by atoms with Crippen molar-refractivity contribution in [2.75, 3.05) is 13.2 Å². The lowest BCUT2D eigenvalue weighted by Gasteiger charge is -2.27. The van der Waals surface area contributed by atoms with E-state index in [4.69, 9.17) is 5.73 Å². The topological polar surface area (TPSA) is 66.6 Å². The van der Waals surface area contributed by atoms with Crippen LogP contribution in [0.25, 0.3) is 0 Å². The minimum absolute atomic E-state index is 0.000231. The highest BCUT2D eigenvalue weighted by molar-refractivity contribution is 5.82. The summed E-state index contributed by atoms with van der Waals surface area (Å²) in [6.07, 6.45) is 2.61. The van der Waals surface area contributed by atoms with Gasteiger partial charge in [0.1, 0.15) is 0 Å². The average molecular weight is 214 g/mol. The molecule has 1 aliphatic rings. The lowest BCUT2D eigenvalue weighted by molar-refractivity contribution is -0.134. The van der Waals surface area contributed by atoms with Gasteiger partial charge in [-0.1, -0.05) is 20.3 Å². The van der Waals surface area contributed by atoms with Gasteiger partial charge in [-0.25, -0.2) is 0 Å². The van der Waals surface area contributed by atoms with E-state index in [-0.39, 0.29) is 18.6 Å². The third-order valence-electron chi connectivity index (χ3n) is 3.27. The maximum absolute atomic E-state index is 11.9. The molecule has 0 aliphatic carbocycles. The number of aliphatic hydroxyl groups excluding tert-OH is 1. The van der Waals surface area contributed by atoms with Crippen molar-refractivity contribution in [3.63, 3.8) is 0 Å². The zero-order valence-corrected chi connectivity index (χ0v) is 9.65. The number of aliphatic hydroxyl groups is 1. The molecule has 1 heterocycles. The van der Waals surface area contributed by atoms with E-state index in [2.05, 4.69) is 6.92 Å². The second-order valence-electron chi connectivity index (χ2n) is 4.44. The molecule has 0 aromatic rings. The van der Waals surface area contributed by atoms with E-state index in [1.807, 2.05) is 6.92 Å². The van der Waals surface area contributed by atoms with E-state index >= 15 is 0 Å². The van der Waals surface area contributed by atoms with Crippen LogP contribution in [-0.4, -0.2) is 41.1 Å². The van der Waals surface area contributed by atoms with Crippen LogP contribution in [0.4, 0.5) is 0 Å². The van der Waals surface area contributed by atoms with Crippen molar-refractivity contribution in [2.45, 2.75) is 45.2 Å². The molecule has 1 amide bonds. The molecule has 1 aliphatic heterocycles. The second-order valence-corrected chi connectivity index (χ2v) is 4.44. The van der Waals surface area contributed by atoms with Gasteiger partial charge in [-0.15, -0.1) is 0 Å². The summed E-state index contributed by atoms with van der Waals surface area (Å²) in [5.74, 6) is 0.382. The molecule has 3 atom stereocenters. The van der Waals surface area contributed by atoms with Crippen LogP contribution in [0.1, 0.15) is 33.1 Å². The predicted molar refractivity (Wildman–Crippen MR) is 59.3 cm³/mol. The van der Waals surface area contributed by atoms with Crippen LogP contribution in [0.2, 0.25) is 0 Å². The monoisotopic (exact) mass is 214 g/mol. The van der Waals surface area contributed by atoms with Crippen LogP contribution in [0.15, 0.2) is 0 Å². The van der Waals surface area contributed by atoms with E-state index in [1.54, 1.807) is 4.90 Å². The van der Waals surface area contributed by atoms with Gasteiger partial charge in [0, 0.05) is 6.54 Å². The summed E-state index contributed by atoms with van der Waals surface area (Å²) in [5.41, 5.74) is 5.80. The highest BCUT2D eigenvalue weighted by Gasteiger charge is 2.35. The fraction of sp³-hybridized carbons (Fsp3) is 0.909. The Kier molecular flexibility index (Phi) is 4.54. The number of carbonyl (C=O) groups excluding carboxylic acids is 1. The van der Waals surface area contributed by atoms with E-state index in [1.165, 1.54) is 0 Å². The van der Waals surface area contributed by atoms with E-state index in [0.29, 0.717) is 5.92 Å². The molecule has 0 aromatic heterocycles.